The Balaban J connectivity index is 3.20. The minimum Gasteiger partial charge on any atom is -0.325 e. The Bertz CT molecular complexity index is 584. The smallest absolute Gasteiger partial charge is 0.261 e. The van der Waals surface area contributed by atoms with Crippen molar-refractivity contribution < 1.29 is 13.2 Å². The van der Waals surface area contributed by atoms with Crippen molar-refractivity contribution in [1.29, 1.82) is 0 Å². The second-order valence-corrected chi connectivity index (χ2v) is 7.57. The Morgan fingerprint density at radius 3 is 2.39 bits per heavy atom. The van der Waals surface area contributed by atoms with Gasteiger partial charge in [0.1, 0.15) is 0 Å². The first-order chi connectivity index (χ1) is 8.12. The number of rotatable bonds is 3. The SMILES string of the molecule is Cc1cc(NC(=O)C(C)C)c(Br)cc1S(=O)(=O)Cl. The molecule has 0 aliphatic carbocycles. The molecule has 0 saturated carbocycles. The summed E-state index contributed by atoms with van der Waals surface area (Å²) >= 11 is 3.21. The van der Waals surface area contributed by atoms with E-state index in [1.165, 1.54) is 6.07 Å². The van der Waals surface area contributed by atoms with E-state index >= 15 is 0 Å². The molecule has 0 aliphatic rings. The normalized spacial score (nSPS) is 11.7. The first-order valence-corrected chi connectivity index (χ1v) is 8.29. The number of benzene rings is 1. The molecule has 7 heteroatoms. The highest BCUT2D eigenvalue weighted by molar-refractivity contribution is 9.10. The fraction of sp³-hybridized carbons (Fsp3) is 0.364. The summed E-state index contributed by atoms with van der Waals surface area (Å²) in [5.74, 6) is -0.301. The van der Waals surface area contributed by atoms with Crippen LogP contribution in [0.3, 0.4) is 0 Å². The number of aryl methyl sites for hydroxylation is 1. The summed E-state index contributed by atoms with van der Waals surface area (Å²) in [5.41, 5.74) is 1.00. The standard InChI is InChI=1S/C11H13BrClNO3S/c1-6(2)11(15)14-9-4-7(3)10(5-8(9)12)18(13,16)17/h4-6H,1-3H3,(H,14,15). The Morgan fingerprint density at radius 1 is 1.39 bits per heavy atom. The van der Waals surface area contributed by atoms with Crippen molar-refractivity contribution in [2.24, 2.45) is 5.92 Å². The monoisotopic (exact) mass is 353 g/mol. The molecule has 0 aromatic heterocycles. The van der Waals surface area contributed by atoms with Crippen LogP contribution in [-0.2, 0) is 13.8 Å². The van der Waals surface area contributed by atoms with E-state index in [0.29, 0.717) is 15.7 Å². The predicted molar refractivity (Wildman–Crippen MR) is 75.4 cm³/mol. The number of hydrogen-bond acceptors (Lipinski definition) is 3. The first kappa shape index (κ1) is 15.5. The number of carbonyl (C=O) groups is 1. The summed E-state index contributed by atoms with van der Waals surface area (Å²) in [6, 6.07) is 2.95. The van der Waals surface area contributed by atoms with E-state index in [1.54, 1.807) is 26.8 Å². The van der Waals surface area contributed by atoms with Crippen molar-refractivity contribution in [2.75, 3.05) is 5.32 Å². The molecule has 18 heavy (non-hydrogen) atoms. The van der Waals surface area contributed by atoms with Crippen LogP contribution in [0.5, 0.6) is 0 Å². The van der Waals surface area contributed by atoms with Gasteiger partial charge in [-0.15, -0.1) is 0 Å². The van der Waals surface area contributed by atoms with Crippen molar-refractivity contribution in [3.63, 3.8) is 0 Å². The average Bonchev–Trinajstić information content (AvgIpc) is 2.20. The zero-order chi connectivity index (χ0) is 14.1. The lowest BCUT2D eigenvalue weighted by atomic mass is 10.2. The van der Waals surface area contributed by atoms with Crippen molar-refractivity contribution in [1.82, 2.24) is 0 Å². The van der Waals surface area contributed by atoms with Gasteiger partial charge in [0.25, 0.3) is 9.05 Å². The van der Waals surface area contributed by atoms with E-state index in [1.807, 2.05) is 0 Å². The maximum Gasteiger partial charge on any atom is 0.261 e. The van der Waals surface area contributed by atoms with Gasteiger partial charge in [0, 0.05) is 21.1 Å². The van der Waals surface area contributed by atoms with Gasteiger partial charge in [-0.2, -0.15) is 0 Å². The number of hydrogen-bond donors (Lipinski definition) is 1. The molecule has 0 fully saturated rings. The zero-order valence-corrected chi connectivity index (χ0v) is 13.3. The third-order valence-corrected chi connectivity index (χ3v) is 4.43. The third kappa shape index (κ3) is 3.70. The fourth-order valence-corrected chi connectivity index (χ4v) is 3.09. The van der Waals surface area contributed by atoms with Gasteiger partial charge < -0.3 is 5.32 Å². The van der Waals surface area contributed by atoms with E-state index < -0.39 is 9.05 Å². The summed E-state index contributed by atoms with van der Waals surface area (Å²) < 4.78 is 23.1. The van der Waals surface area contributed by atoms with Crippen molar-refractivity contribution >= 4 is 47.3 Å². The van der Waals surface area contributed by atoms with Crippen molar-refractivity contribution in [2.45, 2.75) is 25.7 Å². The molecule has 0 unspecified atom stereocenters. The van der Waals surface area contributed by atoms with Crippen LogP contribution in [0.4, 0.5) is 5.69 Å². The van der Waals surface area contributed by atoms with Crippen molar-refractivity contribution in [3.05, 3.63) is 22.2 Å². The molecule has 1 rings (SSSR count). The Labute approximate surface area is 119 Å². The molecular weight excluding hydrogens is 342 g/mol. The predicted octanol–water partition coefficient (Wildman–Crippen LogP) is 3.28. The van der Waals surface area contributed by atoms with Crippen LogP contribution in [0, 0.1) is 12.8 Å². The Kier molecular flexibility index (Phi) is 4.80. The van der Waals surface area contributed by atoms with Gasteiger partial charge in [0.2, 0.25) is 5.91 Å². The van der Waals surface area contributed by atoms with Crippen LogP contribution in [-0.4, -0.2) is 14.3 Å². The molecule has 0 aliphatic heterocycles. The lowest BCUT2D eigenvalue weighted by molar-refractivity contribution is -0.118. The Hall–Kier alpha value is -0.590. The topological polar surface area (TPSA) is 63.2 Å². The minimum atomic E-state index is -3.79. The molecule has 1 amide bonds. The fourth-order valence-electron chi connectivity index (χ4n) is 1.30. The molecule has 0 saturated heterocycles. The highest BCUT2D eigenvalue weighted by Crippen LogP contribution is 2.30. The summed E-state index contributed by atoms with van der Waals surface area (Å²) in [7, 11) is 1.52. The maximum absolute atomic E-state index is 11.6. The molecule has 100 valence electrons. The third-order valence-electron chi connectivity index (χ3n) is 2.31. The van der Waals surface area contributed by atoms with Gasteiger partial charge in [-0.05, 0) is 40.5 Å². The molecule has 1 aromatic carbocycles. The second kappa shape index (κ2) is 5.59. The first-order valence-electron chi connectivity index (χ1n) is 5.18. The van der Waals surface area contributed by atoms with Crippen LogP contribution in [0.25, 0.3) is 0 Å². The van der Waals surface area contributed by atoms with Gasteiger partial charge in [-0.25, -0.2) is 8.42 Å². The number of amides is 1. The van der Waals surface area contributed by atoms with Crippen LogP contribution in [0.15, 0.2) is 21.5 Å². The van der Waals surface area contributed by atoms with Crippen LogP contribution < -0.4 is 5.32 Å². The summed E-state index contributed by atoms with van der Waals surface area (Å²) in [5, 5.41) is 2.71. The van der Waals surface area contributed by atoms with Gasteiger partial charge in [-0.3, -0.25) is 4.79 Å². The van der Waals surface area contributed by atoms with Crippen LogP contribution in [0.1, 0.15) is 19.4 Å². The van der Waals surface area contributed by atoms with Crippen molar-refractivity contribution in [3.8, 4) is 0 Å². The summed E-state index contributed by atoms with van der Waals surface area (Å²) in [4.78, 5) is 11.6. The molecule has 0 radical (unpaired) electrons. The zero-order valence-electron chi connectivity index (χ0n) is 10.1. The van der Waals surface area contributed by atoms with E-state index in [4.69, 9.17) is 10.7 Å². The number of carbonyl (C=O) groups excluding carboxylic acids is 1. The second-order valence-electron chi connectivity index (χ2n) is 4.18. The Morgan fingerprint density at radius 2 is 1.94 bits per heavy atom. The van der Waals surface area contributed by atoms with E-state index in [2.05, 4.69) is 21.2 Å². The molecule has 1 N–H and O–H groups in total. The van der Waals surface area contributed by atoms with Gasteiger partial charge in [0.05, 0.1) is 10.6 Å². The van der Waals surface area contributed by atoms with E-state index in [0.717, 1.165) is 0 Å². The molecule has 0 heterocycles. The summed E-state index contributed by atoms with van der Waals surface area (Å²) in [6.45, 7) is 5.16. The highest BCUT2D eigenvalue weighted by atomic mass is 79.9. The number of nitrogens with one attached hydrogen (secondary N) is 1. The largest absolute Gasteiger partial charge is 0.325 e. The molecule has 0 atom stereocenters. The molecule has 0 bridgehead atoms. The highest BCUT2D eigenvalue weighted by Gasteiger charge is 2.17. The maximum atomic E-state index is 11.6. The van der Waals surface area contributed by atoms with Crippen LogP contribution >= 0.6 is 26.6 Å². The average molecular weight is 355 g/mol. The number of anilines is 1. The van der Waals surface area contributed by atoms with Crippen LogP contribution in [0.2, 0.25) is 0 Å². The molecule has 1 aromatic rings. The molecule has 4 nitrogen and oxygen atoms in total. The van der Waals surface area contributed by atoms with Gasteiger partial charge >= 0.3 is 0 Å². The van der Waals surface area contributed by atoms with Gasteiger partial charge in [0.15, 0.2) is 0 Å². The number of halogens is 2. The molecule has 0 spiro atoms. The van der Waals surface area contributed by atoms with E-state index in [-0.39, 0.29) is 16.7 Å². The quantitative estimate of drug-likeness (QED) is 0.847. The summed E-state index contributed by atoms with van der Waals surface area (Å²) in [6.07, 6.45) is 0. The van der Waals surface area contributed by atoms with Gasteiger partial charge in [-0.1, -0.05) is 13.8 Å². The lowest BCUT2D eigenvalue weighted by Gasteiger charge is -2.12. The molecular formula is C11H13BrClNO3S. The van der Waals surface area contributed by atoms with E-state index in [9.17, 15) is 13.2 Å². The minimum absolute atomic E-state index is 0.0265. The lowest BCUT2D eigenvalue weighted by Crippen LogP contribution is -2.18.